The molecule has 1 atom stereocenters. The number of para-hydroxylation sites is 1. The highest BCUT2D eigenvalue weighted by Crippen LogP contribution is 2.41. The fourth-order valence-electron chi connectivity index (χ4n) is 5.58. The number of allylic oxidation sites excluding steroid dienone is 1. The van der Waals surface area contributed by atoms with Gasteiger partial charge in [0.25, 0.3) is 5.56 Å². The summed E-state index contributed by atoms with van der Waals surface area (Å²) in [6.45, 7) is 2.06. The Balaban J connectivity index is 1.51. The Morgan fingerprint density at radius 3 is 2.67 bits per heavy atom. The van der Waals surface area contributed by atoms with Crippen LogP contribution in [0.4, 0.5) is 0 Å². The molecule has 2 aromatic heterocycles. The van der Waals surface area contributed by atoms with Gasteiger partial charge in [-0.2, -0.15) is 0 Å². The zero-order valence-electron chi connectivity index (χ0n) is 19.6. The highest BCUT2D eigenvalue weighted by molar-refractivity contribution is 9.10. The SMILES string of the molecule is Cc1[nH]c2ccccc2c1C=c1sc2n(c1=O)C(c1ccc(Br)cc1)C1=C(N=2)c2ccccc2CC1. The lowest BCUT2D eigenvalue weighted by Crippen LogP contribution is -2.38. The fourth-order valence-corrected chi connectivity index (χ4v) is 6.83. The lowest BCUT2D eigenvalue weighted by molar-refractivity contribution is 0.585. The first-order chi connectivity index (χ1) is 17.6. The second-order valence-corrected chi connectivity index (χ2v) is 11.3. The molecule has 0 saturated carbocycles. The van der Waals surface area contributed by atoms with E-state index in [9.17, 15) is 4.79 Å². The molecule has 0 fully saturated rings. The maximum absolute atomic E-state index is 14.0. The Bertz CT molecular complexity index is 1890. The summed E-state index contributed by atoms with van der Waals surface area (Å²) in [6, 6.07) is 24.9. The third-order valence-corrected chi connectivity index (χ3v) is 8.79. The molecule has 1 unspecified atom stereocenters. The molecule has 36 heavy (non-hydrogen) atoms. The molecule has 0 radical (unpaired) electrons. The van der Waals surface area contributed by atoms with Crippen molar-refractivity contribution in [2.45, 2.75) is 25.8 Å². The van der Waals surface area contributed by atoms with E-state index in [4.69, 9.17) is 4.99 Å². The van der Waals surface area contributed by atoms with Crippen LogP contribution in [0.1, 0.15) is 40.4 Å². The molecule has 0 bridgehead atoms. The number of hydrogen-bond acceptors (Lipinski definition) is 3. The highest BCUT2D eigenvalue weighted by atomic mass is 79.9. The predicted octanol–water partition coefficient (Wildman–Crippen LogP) is 5.87. The van der Waals surface area contributed by atoms with Gasteiger partial charge in [0, 0.05) is 32.2 Å². The van der Waals surface area contributed by atoms with Crippen molar-refractivity contribution in [3.05, 3.63) is 130 Å². The normalized spacial score (nSPS) is 17.1. The van der Waals surface area contributed by atoms with Crippen molar-refractivity contribution in [2.24, 2.45) is 4.99 Å². The number of H-pyrrole nitrogens is 1. The Hall–Kier alpha value is -3.48. The van der Waals surface area contributed by atoms with Crippen LogP contribution in [0.5, 0.6) is 0 Å². The molecule has 1 aliphatic carbocycles. The van der Waals surface area contributed by atoms with Crippen LogP contribution in [-0.2, 0) is 6.42 Å². The van der Waals surface area contributed by atoms with Crippen molar-refractivity contribution in [1.29, 1.82) is 0 Å². The highest BCUT2D eigenvalue weighted by Gasteiger charge is 2.32. The number of halogens is 1. The summed E-state index contributed by atoms with van der Waals surface area (Å²) in [7, 11) is 0. The number of hydrogen-bond donors (Lipinski definition) is 1. The smallest absolute Gasteiger partial charge is 0.271 e. The van der Waals surface area contributed by atoms with E-state index in [1.54, 1.807) is 0 Å². The minimum Gasteiger partial charge on any atom is -0.358 e. The quantitative estimate of drug-likeness (QED) is 0.293. The van der Waals surface area contributed by atoms with E-state index >= 15 is 0 Å². The third-order valence-electron chi connectivity index (χ3n) is 7.28. The van der Waals surface area contributed by atoms with Crippen molar-refractivity contribution in [2.75, 3.05) is 0 Å². The van der Waals surface area contributed by atoms with Crippen LogP contribution < -0.4 is 14.9 Å². The van der Waals surface area contributed by atoms with Gasteiger partial charge in [-0.1, -0.05) is 81.9 Å². The number of aryl methyl sites for hydroxylation is 2. The van der Waals surface area contributed by atoms with E-state index in [1.807, 2.05) is 22.8 Å². The van der Waals surface area contributed by atoms with Gasteiger partial charge < -0.3 is 4.98 Å². The number of fused-ring (bicyclic) bond motifs is 4. The maximum atomic E-state index is 14.0. The van der Waals surface area contributed by atoms with Crippen molar-refractivity contribution in [1.82, 2.24) is 9.55 Å². The number of aromatic nitrogens is 2. The van der Waals surface area contributed by atoms with Crippen LogP contribution in [0.15, 0.2) is 92.6 Å². The third kappa shape index (κ3) is 3.32. The standard InChI is InChI=1S/C30H22BrN3OS/c1-17-24(22-8-4-5-9-25(22)32-17)16-26-29(35)34-28(19-10-13-20(31)14-11-19)23-15-12-18-6-2-3-7-21(18)27(23)33-30(34)36-26/h2-11,13-14,16,28,32H,12,15H2,1H3. The van der Waals surface area contributed by atoms with Crippen LogP contribution in [-0.4, -0.2) is 9.55 Å². The van der Waals surface area contributed by atoms with Crippen LogP contribution in [0.2, 0.25) is 0 Å². The zero-order chi connectivity index (χ0) is 24.4. The fraction of sp³-hybridized carbons (Fsp3) is 0.133. The average molecular weight is 552 g/mol. The molecule has 3 aromatic carbocycles. The second-order valence-electron chi connectivity index (χ2n) is 9.37. The number of thiazole rings is 1. The largest absolute Gasteiger partial charge is 0.358 e. The number of aromatic amines is 1. The van der Waals surface area contributed by atoms with Crippen LogP contribution in [0.25, 0.3) is 22.7 Å². The van der Waals surface area contributed by atoms with Gasteiger partial charge in [0.15, 0.2) is 4.80 Å². The molecule has 5 aromatic rings. The summed E-state index contributed by atoms with van der Waals surface area (Å²) in [4.78, 5) is 23.3. The topological polar surface area (TPSA) is 50.1 Å². The first-order valence-corrected chi connectivity index (χ1v) is 13.7. The van der Waals surface area contributed by atoms with E-state index in [0.717, 1.165) is 55.5 Å². The van der Waals surface area contributed by atoms with Crippen LogP contribution in [0, 0.1) is 6.92 Å². The minimum absolute atomic E-state index is 0.0155. The summed E-state index contributed by atoms with van der Waals surface area (Å²) in [5.41, 5.74) is 9.07. The molecule has 0 amide bonds. The van der Waals surface area contributed by atoms with Gasteiger partial charge in [0.1, 0.15) is 0 Å². The molecular weight excluding hydrogens is 530 g/mol. The molecule has 176 valence electrons. The lowest BCUT2D eigenvalue weighted by atomic mass is 9.83. The van der Waals surface area contributed by atoms with Crippen molar-refractivity contribution >= 4 is 49.9 Å². The second kappa shape index (κ2) is 8.29. The summed E-state index contributed by atoms with van der Waals surface area (Å²) >= 11 is 5.05. The number of rotatable bonds is 2. The van der Waals surface area contributed by atoms with Crippen LogP contribution in [0.3, 0.4) is 0 Å². The Labute approximate surface area is 220 Å². The average Bonchev–Trinajstić information content (AvgIpc) is 3.39. The number of benzene rings is 3. The number of nitrogens with zero attached hydrogens (tertiary/aromatic N) is 2. The molecule has 7 rings (SSSR count). The Morgan fingerprint density at radius 1 is 1.03 bits per heavy atom. The van der Waals surface area contributed by atoms with E-state index in [0.29, 0.717) is 4.53 Å². The maximum Gasteiger partial charge on any atom is 0.271 e. The van der Waals surface area contributed by atoms with Crippen molar-refractivity contribution in [3.8, 4) is 0 Å². The van der Waals surface area contributed by atoms with E-state index in [1.165, 1.54) is 28.0 Å². The number of nitrogens with one attached hydrogen (secondary N) is 1. The van der Waals surface area contributed by atoms with E-state index < -0.39 is 0 Å². The molecule has 2 aliphatic rings. The first kappa shape index (κ1) is 21.8. The molecule has 1 aliphatic heterocycles. The predicted molar refractivity (Wildman–Crippen MR) is 150 cm³/mol. The monoisotopic (exact) mass is 551 g/mol. The Morgan fingerprint density at radius 2 is 1.81 bits per heavy atom. The lowest BCUT2D eigenvalue weighted by Gasteiger charge is -2.30. The van der Waals surface area contributed by atoms with Gasteiger partial charge in [-0.25, -0.2) is 4.99 Å². The minimum atomic E-state index is -0.163. The summed E-state index contributed by atoms with van der Waals surface area (Å²) in [5.74, 6) is 0. The van der Waals surface area contributed by atoms with Gasteiger partial charge in [0.05, 0.1) is 16.3 Å². The van der Waals surface area contributed by atoms with Gasteiger partial charge >= 0.3 is 0 Å². The molecule has 6 heteroatoms. The molecule has 0 saturated heterocycles. The molecule has 3 heterocycles. The van der Waals surface area contributed by atoms with Gasteiger partial charge in [-0.05, 0) is 60.7 Å². The molecule has 1 N–H and O–H groups in total. The van der Waals surface area contributed by atoms with Crippen molar-refractivity contribution in [3.63, 3.8) is 0 Å². The van der Waals surface area contributed by atoms with Gasteiger partial charge in [-0.3, -0.25) is 9.36 Å². The van der Waals surface area contributed by atoms with Crippen molar-refractivity contribution < 1.29 is 0 Å². The van der Waals surface area contributed by atoms with E-state index in [-0.39, 0.29) is 11.6 Å². The van der Waals surface area contributed by atoms with Gasteiger partial charge in [-0.15, -0.1) is 0 Å². The summed E-state index contributed by atoms with van der Waals surface area (Å²) < 4.78 is 3.64. The Kier molecular flexibility index (Phi) is 5.01. The zero-order valence-corrected chi connectivity index (χ0v) is 22.0. The summed E-state index contributed by atoms with van der Waals surface area (Å²) in [6.07, 6.45) is 3.88. The molecular formula is C30H22BrN3OS. The molecule has 4 nitrogen and oxygen atoms in total. The van der Waals surface area contributed by atoms with E-state index in [2.05, 4.69) is 88.5 Å². The first-order valence-electron chi connectivity index (χ1n) is 12.0. The van der Waals surface area contributed by atoms with Crippen LogP contribution >= 0.6 is 27.3 Å². The van der Waals surface area contributed by atoms with Gasteiger partial charge in [0.2, 0.25) is 0 Å². The molecule has 0 spiro atoms. The summed E-state index contributed by atoms with van der Waals surface area (Å²) in [5, 5.41) is 1.12.